The topological polar surface area (TPSA) is 117 Å². The van der Waals surface area contributed by atoms with E-state index in [-0.39, 0.29) is 34.1 Å². The average molecular weight is 447 g/mol. The Kier molecular flexibility index (Phi) is 5.66. The molecule has 1 fully saturated rings. The molecule has 33 heavy (non-hydrogen) atoms. The van der Waals surface area contributed by atoms with Crippen molar-refractivity contribution < 1.29 is 34.4 Å². The molecule has 1 saturated heterocycles. The second-order valence-electron chi connectivity index (χ2n) is 7.32. The molecule has 0 aliphatic carbocycles. The molecule has 1 amide bonds. The summed E-state index contributed by atoms with van der Waals surface area (Å²) >= 11 is 0. The van der Waals surface area contributed by atoms with Gasteiger partial charge in [0.15, 0.2) is 0 Å². The van der Waals surface area contributed by atoms with Gasteiger partial charge in [0.1, 0.15) is 28.8 Å². The number of phenols is 2. The highest BCUT2D eigenvalue weighted by Crippen LogP contribution is 2.46. The molecule has 0 saturated carbocycles. The third-order valence-corrected chi connectivity index (χ3v) is 5.44. The van der Waals surface area contributed by atoms with Gasteiger partial charge >= 0.3 is 0 Å². The molecule has 3 aromatic rings. The van der Waals surface area contributed by atoms with Gasteiger partial charge in [-0.2, -0.15) is 0 Å². The summed E-state index contributed by atoms with van der Waals surface area (Å²) in [6.07, 6.45) is 0. The summed E-state index contributed by atoms with van der Waals surface area (Å²) in [5.41, 5.74) is 0.427. The van der Waals surface area contributed by atoms with E-state index in [1.807, 2.05) is 0 Å². The third kappa shape index (κ3) is 3.71. The lowest BCUT2D eigenvalue weighted by atomic mass is 9.94. The lowest BCUT2D eigenvalue weighted by molar-refractivity contribution is -0.132. The van der Waals surface area contributed by atoms with Gasteiger partial charge in [0.25, 0.3) is 11.7 Å². The lowest BCUT2D eigenvalue weighted by Gasteiger charge is -2.26. The fraction of sp³-hybridized carbons (Fsp3) is 0.120. The first-order chi connectivity index (χ1) is 15.9. The maximum atomic E-state index is 13.2. The maximum Gasteiger partial charge on any atom is 0.300 e. The number of amides is 1. The van der Waals surface area contributed by atoms with E-state index >= 15 is 0 Å². The summed E-state index contributed by atoms with van der Waals surface area (Å²) < 4.78 is 10.5. The van der Waals surface area contributed by atoms with Gasteiger partial charge in [0.05, 0.1) is 37.1 Å². The van der Waals surface area contributed by atoms with Gasteiger partial charge in [-0.3, -0.25) is 14.5 Å². The minimum Gasteiger partial charge on any atom is -0.508 e. The Balaban J connectivity index is 1.99. The number of phenolic OH excluding ortho intramolecular Hbond substituents is 2. The minimum atomic E-state index is -1.11. The molecule has 1 heterocycles. The van der Waals surface area contributed by atoms with Gasteiger partial charge in [-0.05, 0) is 42.0 Å². The second-order valence-corrected chi connectivity index (χ2v) is 7.32. The number of hydrogen-bond acceptors (Lipinski definition) is 7. The van der Waals surface area contributed by atoms with Crippen LogP contribution in [0.1, 0.15) is 17.2 Å². The van der Waals surface area contributed by atoms with Crippen LogP contribution in [0, 0.1) is 0 Å². The highest BCUT2D eigenvalue weighted by molar-refractivity contribution is 6.52. The smallest absolute Gasteiger partial charge is 0.300 e. The predicted molar refractivity (Wildman–Crippen MR) is 121 cm³/mol. The Morgan fingerprint density at radius 2 is 1.67 bits per heavy atom. The molecule has 0 bridgehead atoms. The van der Waals surface area contributed by atoms with E-state index in [4.69, 9.17) is 9.47 Å². The normalized spacial score (nSPS) is 17.3. The number of nitrogens with zero attached hydrogens (tertiary/aromatic N) is 1. The number of anilines is 1. The van der Waals surface area contributed by atoms with Crippen molar-refractivity contribution in [3.63, 3.8) is 0 Å². The van der Waals surface area contributed by atoms with E-state index in [1.54, 1.807) is 30.3 Å². The van der Waals surface area contributed by atoms with E-state index in [9.17, 15) is 24.9 Å². The van der Waals surface area contributed by atoms with Crippen molar-refractivity contribution in [3.05, 3.63) is 83.4 Å². The zero-order chi connectivity index (χ0) is 23.7. The van der Waals surface area contributed by atoms with Crippen molar-refractivity contribution in [2.75, 3.05) is 19.1 Å². The number of aliphatic hydroxyl groups excluding tert-OH is 1. The zero-order valence-corrected chi connectivity index (χ0v) is 17.9. The molecular weight excluding hydrogens is 426 g/mol. The number of carbonyl (C=O) groups excluding carboxylic acids is 2. The monoisotopic (exact) mass is 447 g/mol. The summed E-state index contributed by atoms with van der Waals surface area (Å²) in [5.74, 6) is -1.93. The average Bonchev–Trinajstić information content (AvgIpc) is 3.09. The van der Waals surface area contributed by atoms with E-state index < -0.39 is 23.5 Å². The number of Topliss-reactive ketones (excluding diaryl/α,β-unsaturated/α-hetero) is 1. The van der Waals surface area contributed by atoms with Crippen molar-refractivity contribution in [2.45, 2.75) is 6.04 Å². The predicted octanol–water partition coefficient (Wildman–Crippen LogP) is 3.74. The number of ether oxygens (including phenoxy) is 2. The van der Waals surface area contributed by atoms with Crippen LogP contribution in [0.25, 0.3) is 5.76 Å². The van der Waals surface area contributed by atoms with Crippen LogP contribution in [0.3, 0.4) is 0 Å². The van der Waals surface area contributed by atoms with E-state index in [0.29, 0.717) is 11.3 Å². The Labute approximate surface area is 189 Å². The van der Waals surface area contributed by atoms with Crippen LogP contribution in [0.4, 0.5) is 5.69 Å². The first-order valence-electron chi connectivity index (χ1n) is 9.97. The first-order valence-corrected chi connectivity index (χ1v) is 9.97. The highest BCUT2D eigenvalue weighted by Gasteiger charge is 2.48. The minimum absolute atomic E-state index is 0.0857. The fourth-order valence-corrected chi connectivity index (χ4v) is 3.90. The van der Waals surface area contributed by atoms with Crippen LogP contribution in [0.5, 0.6) is 23.0 Å². The summed E-state index contributed by atoms with van der Waals surface area (Å²) in [5, 5.41) is 31.7. The highest BCUT2D eigenvalue weighted by atomic mass is 16.5. The van der Waals surface area contributed by atoms with Crippen molar-refractivity contribution >= 4 is 23.1 Å². The zero-order valence-electron chi connectivity index (χ0n) is 17.9. The Morgan fingerprint density at radius 1 is 0.909 bits per heavy atom. The number of rotatable bonds is 5. The Morgan fingerprint density at radius 3 is 2.33 bits per heavy atom. The van der Waals surface area contributed by atoms with Crippen LogP contribution < -0.4 is 14.4 Å². The quantitative estimate of drug-likeness (QED) is 0.310. The van der Waals surface area contributed by atoms with E-state index in [2.05, 4.69) is 0 Å². The van der Waals surface area contributed by atoms with Crippen molar-refractivity contribution in [3.8, 4) is 23.0 Å². The van der Waals surface area contributed by atoms with Crippen LogP contribution in [-0.2, 0) is 9.59 Å². The molecule has 1 aliphatic heterocycles. The molecule has 3 aromatic carbocycles. The molecule has 1 atom stereocenters. The van der Waals surface area contributed by atoms with Gasteiger partial charge in [-0.1, -0.05) is 24.3 Å². The molecule has 8 heteroatoms. The van der Waals surface area contributed by atoms with E-state index in [1.165, 1.54) is 50.6 Å². The Hall–Kier alpha value is -4.46. The van der Waals surface area contributed by atoms with Crippen molar-refractivity contribution in [1.82, 2.24) is 0 Å². The number of aromatic hydroxyl groups is 2. The van der Waals surface area contributed by atoms with Gasteiger partial charge in [0.2, 0.25) is 0 Å². The van der Waals surface area contributed by atoms with E-state index in [0.717, 1.165) is 4.90 Å². The third-order valence-electron chi connectivity index (χ3n) is 5.44. The van der Waals surface area contributed by atoms with Crippen molar-refractivity contribution in [1.29, 1.82) is 0 Å². The van der Waals surface area contributed by atoms with Gasteiger partial charge in [-0.15, -0.1) is 0 Å². The number of hydrogen-bond donors (Lipinski definition) is 3. The number of carbonyl (C=O) groups is 2. The first kappa shape index (κ1) is 21.8. The number of aliphatic hydroxyl groups is 1. The van der Waals surface area contributed by atoms with Crippen LogP contribution in [0.15, 0.2) is 72.3 Å². The van der Waals surface area contributed by atoms with Crippen LogP contribution in [-0.4, -0.2) is 41.2 Å². The summed E-state index contributed by atoms with van der Waals surface area (Å²) in [4.78, 5) is 27.4. The van der Waals surface area contributed by atoms with Crippen molar-refractivity contribution in [2.24, 2.45) is 0 Å². The summed E-state index contributed by atoms with van der Waals surface area (Å²) in [6.45, 7) is 0. The molecule has 3 N–H and O–H groups in total. The molecule has 0 aromatic heterocycles. The fourth-order valence-electron chi connectivity index (χ4n) is 3.90. The number of benzene rings is 3. The Bertz CT molecular complexity index is 1280. The van der Waals surface area contributed by atoms with Crippen LogP contribution >= 0.6 is 0 Å². The summed E-state index contributed by atoms with van der Waals surface area (Å²) in [6, 6.07) is 15.6. The van der Waals surface area contributed by atoms with Gasteiger partial charge < -0.3 is 24.8 Å². The molecule has 0 radical (unpaired) electrons. The standard InChI is InChI=1S/C25H21NO7/c1-32-16-10-11-17(20(13-16)33-2)23(29)21-22(14-6-5-7-15(27)12-14)26(25(31)24(21)30)18-8-3-4-9-19(18)28/h3-13,22,27-29H,1-2H3/b23-21-. The molecule has 8 nitrogen and oxygen atoms in total. The molecule has 4 rings (SSSR count). The molecule has 1 unspecified atom stereocenters. The number of ketones is 1. The van der Waals surface area contributed by atoms with Gasteiger partial charge in [-0.25, -0.2) is 0 Å². The SMILES string of the molecule is COc1ccc(/C(O)=C2/C(=O)C(=O)N(c3ccccc3O)C2c2cccc(O)c2)c(OC)c1. The number of methoxy groups -OCH3 is 2. The number of para-hydroxylation sites is 2. The molecular formula is C25H21NO7. The maximum absolute atomic E-state index is 13.2. The second kappa shape index (κ2) is 8.58. The largest absolute Gasteiger partial charge is 0.508 e. The van der Waals surface area contributed by atoms with Crippen LogP contribution in [0.2, 0.25) is 0 Å². The summed E-state index contributed by atoms with van der Waals surface area (Å²) in [7, 11) is 2.88. The lowest BCUT2D eigenvalue weighted by Crippen LogP contribution is -2.29. The molecule has 0 spiro atoms. The van der Waals surface area contributed by atoms with Gasteiger partial charge in [0, 0.05) is 6.07 Å². The molecule has 168 valence electrons. The molecule has 1 aliphatic rings.